The van der Waals surface area contributed by atoms with Crippen LogP contribution in [-0.4, -0.2) is 108 Å². The molecule has 58 heavy (non-hydrogen) atoms. The van der Waals surface area contributed by atoms with Gasteiger partial charge < -0.3 is 29.9 Å². The molecular weight excluding hydrogens is 859 g/mol. The molecule has 6 heterocycles. The summed E-state index contributed by atoms with van der Waals surface area (Å²) in [5, 5.41) is 17.3. The van der Waals surface area contributed by atoms with Gasteiger partial charge in [0.15, 0.2) is 6.19 Å². The fraction of sp³-hybridized carbons (Fsp3) is 0.537. The number of pyridine rings is 3. The van der Waals surface area contributed by atoms with E-state index in [-0.39, 0.29) is 12.2 Å². The Morgan fingerprint density at radius 3 is 1.45 bits per heavy atom. The second-order valence-electron chi connectivity index (χ2n) is 15.8. The lowest BCUT2D eigenvalue weighted by Gasteiger charge is -2.24. The second kappa shape index (κ2) is 23.6. The van der Waals surface area contributed by atoms with Gasteiger partial charge in [0.1, 0.15) is 22.0 Å². The topological polar surface area (TPSA) is 175 Å². The number of thioether (sulfide) groups is 3. The first-order valence-electron chi connectivity index (χ1n) is 19.0. The predicted octanol–water partition coefficient (Wildman–Crippen LogP) is 9.16. The van der Waals surface area contributed by atoms with Crippen LogP contribution in [0.5, 0.6) is 0 Å². The van der Waals surface area contributed by atoms with Gasteiger partial charge in [-0.1, -0.05) is 0 Å². The summed E-state index contributed by atoms with van der Waals surface area (Å²) in [5.41, 5.74) is 6.80. The van der Waals surface area contributed by atoms with Crippen LogP contribution in [0.15, 0.2) is 69.7 Å². The van der Waals surface area contributed by atoms with Crippen molar-refractivity contribution in [3.05, 3.63) is 66.4 Å². The standard InChI is InChI=1S/2C15H22N2O2S.C10H12N4S.CBrN/c2*1-11-9-12(5-7-16-11)20-13-6-8-17(10-13)14(18)19-15(2,3)4;11-7-14-4-2-9(6-14)15-8-1-3-13-10(12)5-8;2-1-3/h2*5,7,9,13H,6,8,10H2,1-4H3;1,3,5,9H,2,4,6H2,(H2,12,13);. The lowest BCUT2D eigenvalue weighted by Crippen LogP contribution is -2.35. The average Bonchev–Trinajstić information content (AvgIpc) is 3.90. The number of nitrogens with zero attached hydrogens (tertiary/aromatic N) is 8. The summed E-state index contributed by atoms with van der Waals surface area (Å²) < 4.78 is 10.8. The number of aryl methyl sites for hydroxylation is 2. The summed E-state index contributed by atoms with van der Waals surface area (Å²) in [5.74, 6) is 0.551. The molecule has 3 aliphatic heterocycles. The quantitative estimate of drug-likeness (QED) is 0.232. The molecule has 13 nitrogen and oxygen atoms in total. The summed E-state index contributed by atoms with van der Waals surface area (Å²) in [6.45, 7) is 20.1. The largest absolute Gasteiger partial charge is 0.444 e. The van der Waals surface area contributed by atoms with Crippen molar-refractivity contribution in [2.75, 3.05) is 45.0 Å². The van der Waals surface area contributed by atoms with Crippen molar-refractivity contribution in [3.63, 3.8) is 0 Å². The van der Waals surface area contributed by atoms with Gasteiger partial charge in [-0.25, -0.2) is 14.6 Å². The van der Waals surface area contributed by atoms with Crippen molar-refractivity contribution in [2.24, 2.45) is 0 Å². The molecule has 3 atom stereocenters. The van der Waals surface area contributed by atoms with Gasteiger partial charge in [0.05, 0.1) is 0 Å². The highest BCUT2D eigenvalue weighted by atomic mass is 79.9. The second-order valence-corrected chi connectivity index (χ2v) is 20.2. The Labute approximate surface area is 365 Å². The van der Waals surface area contributed by atoms with E-state index in [1.165, 1.54) is 9.79 Å². The third-order valence-corrected chi connectivity index (χ3v) is 12.0. The molecule has 3 unspecified atom stereocenters. The first kappa shape index (κ1) is 48.5. The number of rotatable bonds is 6. The minimum absolute atomic E-state index is 0.202. The number of hydrogen-bond donors (Lipinski definition) is 1. The zero-order valence-electron chi connectivity index (χ0n) is 34.7. The van der Waals surface area contributed by atoms with E-state index in [0.717, 1.165) is 74.8 Å². The number of hydrogen-bond acceptors (Lipinski definition) is 14. The first-order valence-corrected chi connectivity index (χ1v) is 22.5. The molecule has 3 saturated heterocycles. The number of carbonyl (C=O) groups is 2. The summed E-state index contributed by atoms with van der Waals surface area (Å²) in [6.07, 6.45) is 10.2. The van der Waals surface area contributed by atoms with Gasteiger partial charge in [0, 0.05) is 116 Å². The van der Waals surface area contributed by atoms with E-state index in [9.17, 15) is 9.59 Å². The van der Waals surface area contributed by atoms with Crippen LogP contribution >= 0.6 is 51.2 Å². The molecule has 6 rings (SSSR count). The van der Waals surface area contributed by atoms with Crippen LogP contribution in [0, 0.1) is 35.5 Å². The molecule has 0 spiro atoms. The number of carbonyl (C=O) groups excluding carboxylic acids is 2. The number of aromatic nitrogens is 3. The Balaban J connectivity index is 0.000000227. The Morgan fingerprint density at radius 1 is 0.707 bits per heavy atom. The molecule has 2 amide bonds. The summed E-state index contributed by atoms with van der Waals surface area (Å²) in [4.78, 5) is 46.9. The number of ether oxygens (including phenoxy) is 2. The third kappa shape index (κ3) is 18.8. The number of likely N-dealkylation sites (tertiary alicyclic amines) is 3. The van der Waals surface area contributed by atoms with Crippen LogP contribution in [0.1, 0.15) is 72.2 Å². The minimum atomic E-state index is -0.426. The smallest absolute Gasteiger partial charge is 0.410 e. The fourth-order valence-electron chi connectivity index (χ4n) is 5.81. The van der Waals surface area contributed by atoms with E-state index < -0.39 is 11.2 Å². The number of amides is 2. The van der Waals surface area contributed by atoms with Crippen molar-refractivity contribution >= 4 is 69.2 Å². The zero-order chi connectivity index (χ0) is 42.9. The van der Waals surface area contributed by atoms with Gasteiger partial charge in [-0.2, -0.15) is 10.5 Å². The molecule has 0 radical (unpaired) electrons. The monoisotopic (exact) mass is 913 g/mol. The van der Waals surface area contributed by atoms with Crippen molar-refractivity contribution in [1.29, 1.82) is 10.5 Å². The maximum absolute atomic E-state index is 12.0. The van der Waals surface area contributed by atoms with E-state index in [4.69, 9.17) is 25.7 Å². The van der Waals surface area contributed by atoms with Crippen molar-refractivity contribution in [2.45, 2.75) is 116 Å². The highest BCUT2D eigenvalue weighted by Crippen LogP contribution is 2.32. The number of nitrogens with two attached hydrogens (primary N) is 1. The van der Waals surface area contributed by atoms with Gasteiger partial charge in [0.25, 0.3) is 0 Å². The molecular formula is C41H56BrN9O4S3. The van der Waals surface area contributed by atoms with Crippen LogP contribution in [0.2, 0.25) is 0 Å². The van der Waals surface area contributed by atoms with Crippen LogP contribution in [0.25, 0.3) is 0 Å². The van der Waals surface area contributed by atoms with Crippen LogP contribution in [0.3, 0.4) is 0 Å². The molecule has 3 aromatic heterocycles. The highest BCUT2D eigenvalue weighted by Gasteiger charge is 2.31. The zero-order valence-corrected chi connectivity index (χ0v) is 38.7. The Bertz CT molecular complexity index is 1780. The molecule has 3 aromatic rings. The number of halogens is 1. The van der Waals surface area contributed by atoms with E-state index in [2.05, 4.69) is 49.2 Å². The van der Waals surface area contributed by atoms with Crippen molar-refractivity contribution < 1.29 is 19.1 Å². The molecule has 0 aromatic carbocycles. The Hall–Kier alpha value is -3.90. The summed E-state index contributed by atoms with van der Waals surface area (Å²) in [6, 6.07) is 12.0. The van der Waals surface area contributed by atoms with Crippen LogP contribution < -0.4 is 5.73 Å². The van der Waals surface area contributed by atoms with Crippen LogP contribution in [0.4, 0.5) is 15.4 Å². The normalized spacial score (nSPS) is 18.6. The first-order chi connectivity index (χ1) is 27.4. The van der Waals surface area contributed by atoms with Gasteiger partial charge >= 0.3 is 12.2 Å². The molecule has 3 fully saturated rings. The molecule has 17 heteroatoms. The maximum Gasteiger partial charge on any atom is 0.410 e. The van der Waals surface area contributed by atoms with E-state index in [1.54, 1.807) is 37.6 Å². The average molecular weight is 915 g/mol. The lowest BCUT2D eigenvalue weighted by molar-refractivity contribution is 0.0285. The summed E-state index contributed by atoms with van der Waals surface area (Å²) in [7, 11) is 0. The van der Waals surface area contributed by atoms with E-state index >= 15 is 0 Å². The predicted molar refractivity (Wildman–Crippen MR) is 237 cm³/mol. The van der Waals surface area contributed by atoms with Crippen LogP contribution in [-0.2, 0) is 9.47 Å². The van der Waals surface area contributed by atoms with E-state index in [0.29, 0.717) is 21.6 Å². The SMILES string of the molecule is Cc1cc(SC2CCN(C(=O)OC(C)(C)C)C2)ccn1.Cc1cc(SC2CCN(C(=O)OC(C)(C)C)C2)ccn1.N#CBr.N#CN1CCC(Sc2ccnc(N)c2)C1. The maximum atomic E-state index is 12.0. The molecule has 3 aliphatic rings. The van der Waals surface area contributed by atoms with E-state index in [1.807, 2.05) is 116 Å². The minimum Gasteiger partial charge on any atom is -0.444 e. The van der Waals surface area contributed by atoms with Gasteiger partial charge in [-0.15, -0.1) is 35.3 Å². The van der Waals surface area contributed by atoms with Crippen molar-refractivity contribution in [1.82, 2.24) is 29.7 Å². The Morgan fingerprint density at radius 2 is 1.09 bits per heavy atom. The number of anilines is 1. The molecule has 0 aliphatic carbocycles. The summed E-state index contributed by atoms with van der Waals surface area (Å²) >= 11 is 7.85. The highest BCUT2D eigenvalue weighted by molar-refractivity contribution is 9.12. The van der Waals surface area contributed by atoms with Gasteiger partial charge in [-0.05, 0) is 111 Å². The van der Waals surface area contributed by atoms with Gasteiger partial charge in [-0.3, -0.25) is 9.97 Å². The number of nitrogen functional groups attached to an aromatic ring is 1. The van der Waals surface area contributed by atoms with Gasteiger partial charge in [0.2, 0.25) is 0 Å². The molecule has 0 saturated carbocycles. The number of nitriles is 2. The lowest BCUT2D eigenvalue weighted by atomic mass is 10.2. The fourth-order valence-corrected chi connectivity index (χ4v) is 9.49. The molecule has 314 valence electrons. The molecule has 0 bridgehead atoms. The third-order valence-electron chi connectivity index (χ3n) is 8.28. The Kier molecular flexibility index (Phi) is 19.7. The van der Waals surface area contributed by atoms with Crippen molar-refractivity contribution in [3.8, 4) is 11.2 Å². The molecule has 2 N–H and O–H groups in total.